The molecule has 1 aliphatic rings. The molecule has 112 valence electrons. The second kappa shape index (κ2) is 6.03. The van der Waals surface area contributed by atoms with Crippen molar-refractivity contribution in [1.29, 1.82) is 0 Å². The van der Waals surface area contributed by atoms with Crippen molar-refractivity contribution in [3.05, 3.63) is 59.5 Å². The van der Waals surface area contributed by atoms with Gasteiger partial charge in [0.25, 0.3) is 0 Å². The molecule has 0 saturated heterocycles. The highest BCUT2D eigenvalue weighted by atomic mass is 32.2. The highest BCUT2D eigenvalue weighted by Gasteiger charge is 2.23. The van der Waals surface area contributed by atoms with Crippen LogP contribution in [0.25, 0.3) is 0 Å². The molecular weight excluding hydrogens is 286 g/mol. The average molecular weight is 305 g/mol. The van der Waals surface area contributed by atoms with Crippen LogP contribution in [0.15, 0.2) is 47.3 Å². The van der Waals surface area contributed by atoms with Crippen molar-refractivity contribution in [3.63, 3.8) is 0 Å². The molecule has 0 fully saturated rings. The molecule has 0 radical (unpaired) electrons. The van der Waals surface area contributed by atoms with Gasteiger partial charge in [-0.15, -0.1) is 0 Å². The Kier molecular flexibility index (Phi) is 4.12. The molecule has 1 aliphatic carbocycles. The molecular formula is C16H19NO3S. The molecule has 5 heteroatoms. The molecule has 0 aliphatic heterocycles. The fourth-order valence-electron chi connectivity index (χ4n) is 2.90. The average Bonchev–Trinajstić information content (AvgIpc) is 3.13. The summed E-state index contributed by atoms with van der Waals surface area (Å²) in [4.78, 5) is 0. The first-order valence-electron chi connectivity index (χ1n) is 7.20. The Balaban J connectivity index is 1.55. The number of hydrogen-bond acceptors (Lipinski definition) is 3. The van der Waals surface area contributed by atoms with Crippen LogP contribution in [-0.2, 0) is 23.0 Å². The van der Waals surface area contributed by atoms with Gasteiger partial charge in [-0.1, -0.05) is 24.3 Å². The molecule has 1 N–H and O–H groups in total. The summed E-state index contributed by atoms with van der Waals surface area (Å²) in [6.07, 6.45) is 5.88. The zero-order valence-electron chi connectivity index (χ0n) is 11.8. The molecule has 21 heavy (non-hydrogen) atoms. The number of benzene rings is 1. The Bertz CT molecular complexity index is 692. The number of sulfonamides is 1. The van der Waals surface area contributed by atoms with E-state index in [4.69, 9.17) is 4.42 Å². The molecule has 1 unspecified atom stereocenters. The van der Waals surface area contributed by atoms with E-state index in [-0.39, 0.29) is 5.75 Å². The molecule has 1 heterocycles. The fraction of sp³-hybridized carbons (Fsp3) is 0.375. The third-order valence-electron chi connectivity index (χ3n) is 4.07. The standard InChI is InChI=1S/C16H19NO3S/c18-21(19,17-11-13-7-9-20-12-13)10-8-15-6-5-14-3-1-2-4-16(14)15/h1-4,7,9,12,15,17H,5-6,8,10-11H2. The van der Waals surface area contributed by atoms with Crippen LogP contribution in [0.4, 0.5) is 0 Å². The molecule has 4 nitrogen and oxygen atoms in total. The van der Waals surface area contributed by atoms with E-state index in [1.165, 1.54) is 11.1 Å². The van der Waals surface area contributed by atoms with Gasteiger partial charge in [0.15, 0.2) is 0 Å². The minimum atomic E-state index is -3.24. The molecule has 1 aromatic carbocycles. The van der Waals surface area contributed by atoms with Gasteiger partial charge < -0.3 is 4.42 Å². The van der Waals surface area contributed by atoms with Crippen LogP contribution >= 0.6 is 0 Å². The first kappa shape index (κ1) is 14.4. The molecule has 3 rings (SSSR count). The summed E-state index contributed by atoms with van der Waals surface area (Å²) in [6.45, 7) is 0.292. The number of hydrogen-bond donors (Lipinski definition) is 1. The maximum Gasteiger partial charge on any atom is 0.211 e. The van der Waals surface area contributed by atoms with E-state index in [2.05, 4.69) is 16.9 Å². The minimum Gasteiger partial charge on any atom is -0.472 e. The number of furan rings is 1. The van der Waals surface area contributed by atoms with Crippen LogP contribution < -0.4 is 4.72 Å². The van der Waals surface area contributed by atoms with Gasteiger partial charge in [-0.05, 0) is 42.4 Å². The lowest BCUT2D eigenvalue weighted by Crippen LogP contribution is -2.26. The van der Waals surface area contributed by atoms with E-state index < -0.39 is 10.0 Å². The van der Waals surface area contributed by atoms with Gasteiger partial charge >= 0.3 is 0 Å². The third-order valence-corrected chi connectivity index (χ3v) is 5.43. The molecule has 1 aromatic heterocycles. The van der Waals surface area contributed by atoms with E-state index in [0.29, 0.717) is 18.9 Å². The van der Waals surface area contributed by atoms with Crippen molar-refractivity contribution >= 4 is 10.0 Å². The van der Waals surface area contributed by atoms with Gasteiger partial charge in [-0.3, -0.25) is 0 Å². The molecule has 0 amide bonds. The SMILES string of the molecule is O=S(=O)(CCC1CCc2ccccc21)NCc1ccoc1. The third kappa shape index (κ3) is 3.54. The number of nitrogens with one attached hydrogen (secondary N) is 1. The number of rotatable bonds is 6. The summed E-state index contributed by atoms with van der Waals surface area (Å²) in [5.74, 6) is 0.538. The summed E-state index contributed by atoms with van der Waals surface area (Å²) in [5, 5.41) is 0. The molecule has 2 aromatic rings. The Labute approximate surface area is 125 Å². The lowest BCUT2D eigenvalue weighted by molar-refractivity contribution is 0.559. The molecule has 0 bridgehead atoms. The summed E-state index contributed by atoms with van der Waals surface area (Å²) < 4.78 is 31.7. The Morgan fingerprint density at radius 1 is 1.24 bits per heavy atom. The van der Waals surface area contributed by atoms with Gasteiger partial charge in [0, 0.05) is 12.1 Å². The summed E-state index contributed by atoms with van der Waals surface area (Å²) in [6, 6.07) is 10.1. The van der Waals surface area contributed by atoms with Crippen molar-refractivity contribution < 1.29 is 12.8 Å². The maximum absolute atomic E-state index is 12.1. The van der Waals surface area contributed by atoms with Gasteiger partial charge in [-0.25, -0.2) is 13.1 Å². The van der Waals surface area contributed by atoms with Crippen molar-refractivity contribution in [2.45, 2.75) is 31.7 Å². The van der Waals surface area contributed by atoms with E-state index >= 15 is 0 Å². The lowest BCUT2D eigenvalue weighted by Gasteiger charge is -2.12. The van der Waals surface area contributed by atoms with E-state index in [9.17, 15) is 8.42 Å². The number of aryl methyl sites for hydroxylation is 1. The van der Waals surface area contributed by atoms with Gasteiger partial charge in [0.05, 0.1) is 18.3 Å². The van der Waals surface area contributed by atoms with Crippen molar-refractivity contribution in [2.75, 3.05) is 5.75 Å². The fourth-order valence-corrected chi connectivity index (χ4v) is 4.03. The van der Waals surface area contributed by atoms with Gasteiger partial charge in [-0.2, -0.15) is 0 Å². The van der Waals surface area contributed by atoms with Crippen molar-refractivity contribution in [3.8, 4) is 0 Å². The largest absolute Gasteiger partial charge is 0.472 e. The lowest BCUT2D eigenvalue weighted by atomic mass is 9.99. The van der Waals surface area contributed by atoms with Crippen LogP contribution in [0, 0.1) is 0 Å². The van der Waals surface area contributed by atoms with Crippen LogP contribution in [0.3, 0.4) is 0 Å². The van der Waals surface area contributed by atoms with Crippen LogP contribution in [0.1, 0.15) is 35.4 Å². The topological polar surface area (TPSA) is 59.3 Å². The predicted octanol–water partition coefficient (Wildman–Crippen LogP) is 2.82. The highest BCUT2D eigenvalue weighted by molar-refractivity contribution is 7.89. The van der Waals surface area contributed by atoms with Crippen LogP contribution in [-0.4, -0.2) is 14.2 Å². The minimum absolute atomic E-state index is 0.170. The number of fused-ring (bicyclic) bond motifs is 1. The van der Waals surface area contributed by atoms with E-state index in [1.54, 1.807) is 18.6 Å². The van der Waals surface area contributed by atoms with Gasteiger partial charge in [0.2, 0.25) is 10.0 Å². The van der Waals surface area contributed by atoms with E-state index in [0.717, 1.165) is 18.4 Å². The second-order valence-electron chi connectivity index (χ2n) is 5.49. The first-order valence-corrected chi connectivity index (χ1v) is 8.85. The summed E-state index contributed by atoms with van der Waals surface area (Å²) >= 11 is 0. The molecule has 0 saturated carbocycles. The summed E-state index contributed by atoms with van der Waals surface area (Å²) in [7, 11) is -3.24. The molecule has 0 spiro atoms. The monoisotopic (exact) mass is 305 g/mol. The molecule has 1 atom stereocenters. The smallest absolute Gasteiger partial charge is 0.211 e. The van der Waals surface area contributed by atoms with Crippen LogP contribution in [0.2, 0.25) is 0 Å². The highest BCUT2D eigenvalue weighted by Crippen LogP contribution is 2.35. The zero-order valence-corrected chi connectivity index (χ0v) is 12.6. The van der Waals surface area contributed by atoms with E-state index in [1.807, 2.05) is 12.1 Å². The predicted molar refractivity (Wildman–Crippen MR) is 81.5 cm³/mol. The van der Waals surface area contributed by atoms with Crippen LogP contribution in [0.5, 0.6) is 0 Å². The maximum atomic E-state index is 12.1. The zero-order chi connectivity index (χ0) is 14.7. The summed E-state index contributed by atoms with van der Waals surface area (Å²) in [5.41, 5.74) is 3.53. The second-order valence-corrected chi connectivity index (χ2v) is 7.42. The quantitative estimate of drug-likeness (QED) is 0.892. The Morgan fingerprint density at radius 3 is 2.90 bits per heavy atom. The van der Waals surface area contributed by atoms with Crippen molar-refractivity contribution in [1.82, 2.24) is 4.72 Å². The Hall–Kier alpha value is -1.59. The first-order chi connectivity index (χ1) is 10.1. The van der Waals surface area contributed by atoms with Crippen molar-refractivity contribution in [2.24, 2.45) is 0 Å². The normalized spacial score (nSPS) is 17.8. The van der Waals surface area contributed by atoms with Gasteiger partial charge in [0.1, 0.15) is 0 Å². The Morgan fingerprint density at radius 2 is 2.10 bits per heavy atom.